The van der Waals surface area contributed by atoms with Crippen molar-refractivity contribution in [3.05, 3.63) is 29.8 Å². The third-order valence-corrected chi connectivity index (χ3v) is 2.55. The van der Waals surface area contributed by atoms with Crippen molar-refractivity contribution < 1.29 is 4.79 Å². The molecule has 2 nitrogen and oxygen atoms in total. The molecule has 0 radical (unpaired) electrons. The SMILES string of the molecule is CC(=O)CC[C@@H](C)Cc1ccc(N)cc1. The van der Waals surface area contributed by atoms with Crippen LogP contribution in [-0.2, 0) is 11.2 Å². The third kappa shape index (κ3) is 4.63. The molecule has 1 atom stereocenters. The van der Waals surface area contributed by atoms with Gasteiger partial charge in [0.25, 0.3) is 0 Å². The molecule has 1 aromatic rings. The van der Waals surface area contributed by atoms with Gasteiger partial charge in [-0.25, -0.2) is 0 Å². The van der Waals surface area contributed by atoms with Gasteiger partial charge in [-0.1, -0.05) is 19.1 Å². The molecule has 0 aliphatic heterocycles. The van der Waals surface area contributed by atoms with Crippen LogP contribution in [0.5, 0.6) is 0 Å². The van der Waals surface area contributed by atoms with E-state index in [2.05, 4.69) is 19.1 Å². The van der Waals surface area contributed by atoms with E-state index in [4.69, 9.17) is 5.73 Å². The Labute approximate surface area is 91.5 Å². The molecule has 0 aliphatic rings. The van der Waals surface area contributed by atoms with Crippen LogP contribution in [0.25, 0.3) is 0 Å². The van der Waals surface area contributed by atoms with Gasteiger partial charge < -0.3 is 10.5 Å². The predicted molar refractivity (Wildman–Crippen MR) is 63.6 cm³/mol. The highest BCUT2D eigenvalue weighted by atomic mass is 16.1. The van der Waals surface area contributed by atoms with Crippen molar-refractivity contribution in [2.24, 2.45) is 5.92 Å². The Balaban J connectivity index is 2.40. The first kappa shape index (κ1) is 11.8. The van der Waals surface area contributed by atoms with Gasteiger partial charge >= 0.3 is 0 Å². The Kier molecular flexibility index (Phi) is 4.35. The van der Waals surface area contributed by atoms with Crippen LogP contribution in [-0.4, -0.2) is 5.78 Å². The van der Waals surface area contributed by atoms with E-state index in [0.29, 0.717) is 12.3 Å². The monoisotopic (exact) mass is 205 g/mol. The molecule has 0 unspecified atom stereocenters. The zero-order chi connectivity index (χ0) is 11.3. The molecule has 0 aliphatic carbocycles. The number of hydrogen-bond acceptors (Lipinski definition) is 2. The minimum Gasteiger partial charge on any atom is -0.399 e. The predicted octanol–water partition coefficient (Wildman–Crippen LogP) is 2.82. The van der Waals surface area contributed by atoms with E-state index in [1.165, 1.54) is 5.56 Å². The molecule has 1 rings (SSSR count). The molecule has 1 aromatic carbocycles. The molecule has 0 saturated heterocycles. The van der Waals surface area contributed by atoms with Gasteiger partial charge in [0.2, 0.25) is 0 Å². The lowest BCUT2D eigenvalue weighted by molar-refractivity contribution is -0.117. The summed E-state index contributed by atoms with van der Waals surface area (Å²) in [6, 6.07) is 7.96. The number of nitrogens with two attached hydrogens (primary N) is 1. The van der Waals surface area contributed by atoms with Gasteiger partial charge in [-0.15, -0.1) is 0 Å². The van der Waals surface area contributed by atoms with Crippen LogP contribution >= 0.6 is 0 Å². The second-order valence-corrected chi connectivity index (χ2v) is 4.29. The number of carbonyl (C=O) groups is 1. The van der Waals surface area contributed by atoms with Crippen LogP contribution in [0.1, 0.15) is 32.3 Å². The maximum absolute atomic E-state index is 10.8. The van der Waals surface area contributed by atoms with E-state index < -0.39 is 0 Å². The third-order valence-electron chi connectivity index (χ3n) is 2.55. The fourth-order valence-corrected chi connectivity index (χ4v) is 1.61. The van der Waals surface area contributed by atoms with Crippen molar-refractivity contribution in [2.75, 3.05) is 5.73 Å². The van der Waals surface area contributed by atoms with Crippen molar-refractivity contribution in [1.29, 1.82) is 0 Å². The largest absolute Gasteiger partial charge is 0.399 e. The first-order chi connectivity index (χ1) is 7.08. The topological polar surface area (TPSA) is 43.1 Å². The lowest BCUT2D eigenvalue weighted by Gasteiger charge is -2.10. The standard InChI is InChI=1S/C13H19NO/c1-10(3-4-11(2)15)9-12-5-7-13(14)8-6-12/h5-8,10H,3-4,9,14H2,1-2H3/t10-/m1/s1. The van der Waals surface area contributed by atoms with E-state index in [1.807, 2.05) is 12.1 Å². The summed E-state index contributed by atoms with van der Waals surface area (Å²) in [4.78, 5) is 10.8. The van der Waals surface area contributed by atoms with E-state index >= 15 is 0 Å². The highest BCUT2D eigenvalue weighted by molar-refractivity contribution is 5.75. The number of nitrogen functional groups attached to an aromatic ring is 1. The number of rotatable bonds is 5. The van der Waals surface area contributed by atoms with Gasteiger partial charge in [0.15, 0.2) is 0 Å². The average molecular weight is 205 g/mol. The minimum absolute atomic E-state index is 0.277. The Morgan fingerprint density at radius 2 is 1.93 bits per heavy atom. The lowest BCUT2D eigenvalue weighted by atomic mass is 9.96. The number of benzene rings is 1. The number of carbonyl (C=O) groups excluding carboxylic acids is 1. The quantitative estimate of drug-likeness (QED) is 0.751. The number of Topliss-reactive ketones (excluding diaryl/α,β-unsaturated/α-hetero) is 1. The highest BCUT2D eigenvalue weighted by Crippen LogP contribution is 2.15. The molecular formula is C13H19NO. The van der Waals surface area contributed by atoms with Gasteiger partial charge in [-0.05, 0) is 43.4 Å². The summed E-state index contributed by atoms with van der Waals surface area (Å²) >= 11 is 0. The van der Waals surface area contributed by atoms with Crippen molar-refractivity contribution in [1.82, 2.24) is 0 Å². The molecule has 15 heavy (non-hydrogen) atoms. The summed E-state index contributed by atoms with van der Waals surface area (Å²) in [6.45, 7) is 3.83. The van der Waals surface area contributed by atoms with E-state index in [-0.39, 0.29) is 5.78 Å². The Bertz CT molecular complexity index is 316. The second-order valence-electron chi connectivity index (χ2n) is 4.29. The summed E-state index contributed by atoms with van der Waals surface area (Å²) in [6.07, 6.45) is 2.68. The number of ketones is 1. The Hall–Kier alpha value is -1.31. The van der Waals surface area contributed by atoms with E-state index in [9.17, 15) is 4.79 Å². The first-order valence-corrected chi connectivity index (χ1v) is 5.42. The van der Waals surface area contributed by atoms with Gasteiger partial charge in [-0.2, -0.15) is 0 Å². The van der Waals surface area contributed by atoms with Crippen LogP contribution in [0.2, 0.25) is 0 Å². The molecule has 2 N–H and O–H groups in total. The van der Waals surface area contributed by atoms with Crippen molar-refractivity contribution in [3.8, 4) is 0 Å². The summed E-state index contributed by atoms with van der Waals surface area (Å²) in [7, 11) is 0. The normalized spacial score (nSPS) is 12.4. The first-order valence-electron chi connectivity index (χ1n) is 5.42. The molecular weight excluding hydrogens is 186 g/mol. The summed E-state index contributed by atoms with van der Waals surface area (Å²) in [5.41, 5.74) is 7.70. The summed E-state index contributed by atoms with van der Waals surface area (Å²) < 4.78 is 0. The van der Waals surface area contributed by atoms with Gasteiger partial charge in [0.1, 0.15) is 5.78 Å². The second kappa shape index (κ2) is 5.54. The zero-order valence-corrected chi connectivity index (χ0v) is 9.49. The number of hydrogen-bond donors (Lipinski definition) is 1. The van der Waals surface area contributed by atoms with Crippen LogP contribution in [0, 0.1) is 5.92 Å². The van der Waals surface area contributed by atoms with Crippen LogP contribution in [0.4, 0.5) is 5.69 Å². The fourth-order valence-electron chi connectivity index (χ4n) is 1.61. The minimum atomic E-state index is 0.277. The van der Waals surface area contributed by atoms with E-state index in [0.717, 1.165) is 18.5 Å². The van der Waals surface area contributed by atoms with E-state index in [1.54, 1.807) is 6.92 Å². The van der Waals surface area contributed by atoms with Crippen molar-refractivity contribution in [2.45, 2.75) is 33.1 Å². The Morgan fingerprint density at radius 3 is 2.47 bits per heavy atom. The molecule has 0 bridgehead atoms. The maximum Gasteiger partial charge on any atom is 0.129 e. The van der Waals surface area contributed by atoms with Crippen LogP contribution in [0.15, 0.2) is 24.3 Å². The lowest BCUT2D eigenvalue weighted by Crippen LogP contribution is -2.02. The molecule has 0 heterocycles. The Morgan fingerprint density at radius 1 is 1.33 bits per heavy atom. The zero-order valence-electron chi connectivity index (χ0n) is 9.49. The molecule has 0 amide bonds. The van der Waals surface area contributed by atoms with Crippen LogP contribution < -0.4 is 5.73 Å². The van der Waals surface area contributed by atoms with Crippen molar-refractivity contribution >= 4 is 11.5 Å². The summed E-state index contributed by atoms with van der Waals surface area (Å²) in [5, 5.41) is 0. The fraction of sp³-hybridized carbons (Fsp3) is 0.462. The number of anilines is 1. The molecule has 0 aromatic heterocycles. The van der Waals surface area contributed by atoms with Gasteiger partial charge in [0, 0.05) is 12.1 Å². The molecule has 0 fully saturated rings. The highest BCUT2D eigenvalue weighted by Gasteiger charge is 2.05. The van der Waals surface area contributed by atoms with Crippen molar-refractivity contribution in [3.63, 3.8) is 0 Å². The molecule has 0 saturated carbocycles. The maximum atomic E-state index is 10.8. The molecule has 82 valence electrons. The molecule has 2 heteroatoms. The molecule has 0 spiro atoms. The van der Waals surface area contributed by atoms with Gasteiger partial charge in [0.05, 0.1) is 0 Å². The van der Waals surface area contributed by atoms with Crippen LogP contribution in [0.3, 0.4) is 0 Å². The van der Waals surface area contributed by atoms with Gasteiger partial charge in [-0.3, -0.25) is 0 Å². The summed E-state index contributed by atoms with van der Waals surface area (Å²) in [5.74, 6) is 0.830. The average Bonchev–Trinajstić information content (AvgIpc) is 2.19. The smallest absolute Gasteiger partial charge is 0.129 e.